The molecule has 2 aromatic carbocycles. The number of aryl methyl sites for hydroxylation is 1. The van der Waals surface area contributed by atoms with Crippen LogP contribution in [0.4, 0.5) is 0 Å². The number of aromatic nitrogens is 1. The maximum atomic E-state index is 13.3. The molecule has 188 valence electrons. The number of piperazine rings is 1. The number of ether oxygens (including phenoxy) is 1. The molecule has 0 bridgehead atoms. The van der Waals surface area contributed by atoms with E-state index in [1.165, 1.54) is 6.92 Å². The van der Waals surface area contributed by atoms with Crippen LogP contribution >= 0.6 is 0 Å². The molecule has 3 aromatic rings. The standard InChI is InChI=1S/C29H34N4O3/c1-21-14-24(17-27(15-21)36-20-25-10-6-7-11-30-25)16-26(32-22(2)34)18-28-29(35)33(13-12-31-28)19-23-8-4-3-5-9-23/h3-11,14-15,17,26,28,31H,12-13,16,18-20H2,1-2H3,(H,32,34)/t26-,28-/m0/s1. The van der Waals surface area contributed by atoms with Gasteiger partial charge in [-0.2, -0.15) is 0 Å². The summed E-state index contributed by atoms with van der Waals surface area (Å²) in [6.07, 6.45) is 2.87. The minimum absolute atomic E-state index is 0.0732. The summed E-state index contributed by atoms with van der Waals surface area (Å²) in [6.45, 7) is 5.92. The Morgan fingerprint density at radius 2 is 1.94 bits per heavy atom. The van der Waals surface area contributed by atoms with Crippen molar-refractivity contribution in [2.24, 2.45) is 0 Å². The third kappa shape index (κ3) is 7.39. The molecule has 2 N–H and O–H groups in total. The van der Waals surface area contributed by atoms with Crippen molar-refractivity contribution >= 4 is 11.8 Å². The number of pyridine rings is 1. The zero-order valence-electron chi connectivity index (χ0n) is 20.9. The van der Waals surface area contributed by atoms with Crippen molar-refractivity contribution in [3.05, 3.63) is 95.3 Å². The predicted octanol–water partition coefficient (Wildman–Crippen LogP) is 3.41. The van der Waals surface area contributed by atoms with Gasteiger partial charge < -0.3 is 20.3 Å². The van der Waals surface area contributed by atoms with Crippen molar-refractivity contribution in [2.75, 3.05) is 13.1 Å². The van der Waals surface area contributed by atoms with E-state index in [4.69, 9.17) is 4.74 Å². The zero-order chi connectivity index (χ0) is 25.3. The molecule has 0 radical (unpaired) electrons. The minimum atomic E-state index is -0.344. The van der Waals surface area contributed by atoms with Crippen LogP contribution in [0.25, 0.3) is 0 Å². The van der Waals surface area contributed by atoms with Crippen LogP contribution < -0.4 is 15.4 Å². The Labute approximate surface area is 212 Å². The summed E-state index contributed by atoms with van der Waals surface area (Å²) in [7, 11) is 0. The van der Waals surface area contributed by atoms with E-state index in [9.17, 15) is 9.59 Å². The molecular weight excluding hydrogens is 452 g/mol. The number of carbonyl (C=O) groups excluding carboxylic acids is 2. The fraction of sp³-hybridized carbons (Fsp3) is 0.345. The smallest absolute Gasteiger partial charge is 0.240 e. The fourth-order valence-corrected chi connectivity index (χ4v) is 4.65. The molecule has 1 aliphatic rings. The van der Waals surface area contributed by atoms with E-state index in [2.05, 4.69) is 21.7 Å². The summed E-state index contributed by atoms with van der Waals surface area (Å²) in [5, 5.41) is 6.42. The van der Waals surface area contributed by atoms with Gasteiger partial charge in [0.15, 0.2) is 0 Å². The molecule has 2 atom stereocenters. The van der Waals surface area contributed by atoms with Crippen LogP contribution in [-0.2, 0) is 29.2 Å². The average Bonchev–Trinajstić information content (AvgIpc) is 2.86. The second-order valence-corrected chi connectivity index (χ2v) is 9.35. The van der Waals surface area contributed by atoms with Gasteiger partial charge in [0.1, 0.15) is 12.4 Å². The SMILES string of the molecule is CC(=O)N[C@@H](Cc1cc(C)cc(OCc2ccccn2)c1)C[C@@H]1NCCN(Cc2ccccc2)C1=O. The van der Waals surface area contributed by atoms with Crippen LogP contribution in [0.2, 0.25) is 0 Å². The third-order valence-corrected chi connectivity index (χ3v) is 6.23. The van der Waals surface area contributed by atoms with Crippen molar-refractivity contribution < 1.29 is 14.3 Å². The Kier molecular flexibility index (Phi) is 8.68. The third-order valence-electron chi connectivity index (χ3n) is 6.23. The number of nitrogens with zero attached hydrogens (tertiary/aromatic N) is 2. The van der Waals surface area contributed by atoms with E-state index in [0.717, 1.165) is 34.7 Å². The zero-order valence-corrected chi connectivity index (χ0v) is 20.9. The monoisotopic (exact) mass is 486 g/mol. The van der Waals surface area contributed by atoms with E-state index in [1.807, 2.05) is 72.5 Å². The predicted molar refractivity (Wildman–Crippen MR) is 139 cm³/mol. The van der Waals surface area contributed by atoms with Crippen LogP contribution in [0.15, 0.2) is 72.9 Å². The molecule has 36 heavy (non-hydrogen) atoms. The van der Waals surface area contributed by atoms with E-state index < -0.39 is 0 Å². The van der Waals surface area contributed by atoms with E-state index >= 15 is 0 Å². The molecule has 0 spiro atoms. The fourth-order valence-electron chi connectivity index (χ4n) is 4.65. The van der Waals surface area contributed by atoms with Crippen LogP contribution in [-0.4, -0.2) is 46.9 Å². The lowest BCUT2D eigenvalue weighted by Crippen LogP contribution is -2.56. The van der Waals surface area contributed by atoms with E-state index in [1.54, 1.807) is 6.20 Å². The summed E-state index contributed by atoms with van der Waals surface area (Å²) in [6, 6.07) is 21.3. The lowest BCUT2D eigenvalue weighted by molar-refractivity contribution is -0.137. The van der Waals surface area contributed by atoms with Gasteiger partial charge in [0.05, 0.1) is 11.7 Å². The lowest BCUT2D eigenvalue weighted by Gasteiger charge is -2.35. The largest absolute Gasteiger partial charge is 0.487 e. The molecule has 1 saturated heterocycles. The topological polar surface area (TPSA) is 83.6 Å². The van der Waals surface area contributed by atoms with Gasteiger partial charge in [0.2, 0.25) is 11.8 Å². The first-order valence-corrected chi connectivity index (χ1v) is 12.4. The van der Waals surface area contributed by atoms with Crippen molar-refractivity contribution in [3.8, 4) is 5.75 Å². The number of amides is 2. The van der Waals surface area contributed by atoms with Gasteiger partial charge in [-0.3, -0.25) is 14.6 Å². The summed E-state index contributed by atoms with van der Waals surface area (Å²) in [4.78, 5) is 31.5. The summed E-state index contributed by atoms with van der Waals surface area (Å²) < 4.78 is 5.99. The van der Waals surface area contributed by atoms with Gasteiger partial charge in [-0.1, -0.05) is 42.5 Å². The van der Waals surface area contributed by atoms with E-state index in [0.29, 0.717) is 32.5 Å². The molecule has 1 fully saturated rings. The van der Waals surface area contributed by atoms with Crippen molar-refractivity contribution in [2.45, 2.75) is 51.9 Å². The Morgan fingerprint density at radius 3 is 2.69 bits per heavy atom. The molecule has 0 aliphatic carbocycles. The Bertz CT molecular complexity index is 1150. The van der Waals surface area contributed by atoms with E-state index in [-0.39, 0.29) is 23.9 Å². The van der Waals surface area contributed by atoms with Crippen molar-refractivity contribution in [1.29, 1.82) is 0 Å². The number of hydrogen-bond acceptors (Lipinski definition) is 5. The van der Waals surface area contributed by atoms with Crippen LogP contribution in [0.1, 0.15) is 35.7 Å². The number of rotatable bonds is 10. The quantitative estimate of drug-likeness (QED) is 0.459. The Balaban J connectivity index is 1.42. The number of nitrogens with one attached hydrogen (secondary N) is 2. The minimum Gasteiger partial charge on any atom is -0.487 e. The summed E-state index contributed by atoms with van der Waals surface area (Å²) >= 11 is 0. The highest BCUT2D eigenvalue weighted by atomic mass is 16.5. The summed E-state index contributed by atoms with van der Waals surface area (Å²) in [5.41, 5.74) is 4.10. The maximum absolute atomic E-state index is 13.3. The molecule has 0 saturated carbocycles. The highest BCUT2D eigenvalue weighted by Gasteiger charge is 2.31. The number of hydrogen-bond donors (Lipinski definition) is 2. The van der Waals surface area contributed by atoms with Gasteiger partial charge in [-0.15, -0.1) is 0 Å². The first-order chi connectivity index (χ1) is 17.5. The molecule has 0 unspecified atom stereocenters. The molecular formula is C29H34N4O3. The van der Waals surface area contributed by atoms with Gasteiger partial charge in [0.25, 0.3) is 0 Å². The molecule has 7 nitrogen and oxygen atoms in total. The number of benzene rings is 2. The molecule has 7 heteroatoms. The lowest BCUT2D eigenvalue weighted by atomic mass is 9.96. The molecule has 1 aromatic heterocycles. The van der Waals surface area contributed by atoms with Crippen LogP contribution in [0, 0.1) is 6.92 Å². The Hall–Kier alpha value is -3.71. The van der Waals surface area contributed by atoms with Crippen LogP contribution in [0.5, 0.6) is 5.75 Å². The highest BCUT2D eigenvalue weighted by Crippen LogP contribution is 2.21. The molecule has 4 rings (SSSR count). The highest BCUT2D eigenvalue weighted by molar-refractivity contribution is 5.83. The average molecular weight is 487 g/mol. The van der Waals surface area contributed by atoms with Gasteiger partial charge in [-0.05, 0) is 60.7 Å². The van der Waals surface area contributed by atoms with Crippen LogP contribution in [0.3, 0.4) is 0 Å². The van der Waals surface area contributed by atoms with Gasteiger partial charge >= 0.3 is 0 Å². The molecule has 2 heterocycles. The second-order valence-electron chi connectivity index (χ2n) is 9.35. The first kappa shape index (κ1) is 25.4. The maximum Gasteiger partial charge on any atom is 0.240 e. The molecule has 1 aliphatic heterocycles. The van der Waals surface area contributed by atoms with Gasteiger partial charge in [-0.25, -0.2) is 0 Å². The van der Waals surface area contributed by atoms with Gasteiger partial charge in [0, 0.05) is 38.8 Å². The first-order valence-electron chi connectivity index (χ1n) is 12.4. The summed E-state index contributed by atoms with van der Waals surface area (Å²) in [5.74, 6) is 0.728. The van der Waals surface area contributed by atoms with Crippen molar-refractivity contribution in [1.82, 2.24) is 20.5 Å². The molecule has 2 amide bonds. The number of carbonyl (C=O) groups is 2. The second kappa shape index (κ2) is 12.3. The Morgan fingerprint density at radius 1 is 1.14 bits per heavy atom. The van der Waals surface area contributed by atoms with Crippen molar-refractivity contribution in [3.63, 3.8) is 0 Å². The normalized spacial score (nSPS) is 16.4.